The molecular weight excluding hydrogens is 246 g/mol. The molecule has 3 nitrogen and oxygen atoms in total. The number of nitrogens with one attached hydrogen (secondary N) is 1. The smallest absolute Gasteiger partial charge is 0.0801 e. The third-order valence-electron chi connectivity index (χ3n) is 2.91. The fourth-order valence-corrected chi connectivity index (χ4v) is 2.16. The Morgan fingerprint density at radius 3 is 2.83 bits per heavy atom. The average Bonchev–Trinajstić information content (AvgIpc) is 2.41. The Hall–Kier alpha value is -1.45. The van der Waals surface area contributed by atoms with Gasteiger partial charge in [0.1, 0.15) is 0 Å². The summed E-state index contributed by atoms with van der Waals surface area (Å²) in [5.41, 5.74) is 3.13. The third-order valence-corrected chi connectivity index (χ3v) is 3.32. The highest BCUT2D eigenvalue weighted by Gasteiger charge is 2.17. The fourth-order valence-electron chi connectivity index (χ4n) is 1.97. The largest absolute Gasteiger partial charge is 0.305 e. The minimum absolute atomic E-state index is 0.0300. The van der Waals surface area contributed by atoms with Crippen molar-refractivity contribution in [2.45, 2.75) is 19.9 Å². The van der Waals surface area contributed by atoms with Crippen LogP contribution in [0.3, 0.4) is 0 Å². The number of halogens is 1. The molecule has 0 saturated heterocycles. The number of aromatic nitrogens is 2. The van der Waals surface area contributed by atoms with Crippen LogP contribution in [0.2, 0.25) is 5.02 Å². The average molecular weight is 262 g/mol. The zero-order valence-corrected chi connectivity index (χ0v) is 11.3. The number of hydrogen-bond donors (Lipinski definition) is 1. The van der Waals surface area contributed by atoms with E-state index < -0.39 is 0 Å². The minimum Gasteiger partial charge on any atom is -0.305 e. The molecular formula is C14H16ClN3. The summed E-state index contributed by atoms with van der Waals surface area (Å²) in [5.74, 6) is 0. The lowest BCUT2D eigenvalue weighted by molar-refractivity contribution is 0.610. The van der Waals surface area contributed by atoms with E-state index in [1.54, 1.807) is 18.6 Å². The Morgan fingerprint density at radius 1 is 1.33 bits per heavy atom. The first-order valence-electron chi connectivity index (χ1n) is 5.98. The molecule has 0 fully saturated rings. The molecule has 2 aromatic rings. The highest BCUT2D eigenvalue weighted by Crippen LogP contribution is 2.27. The molecule has 0 saturated carbocycles. The first-order valence-corrected chi connectivity index (χ1v) is 6.36. The molecule has 0 aliphatic rings. The van der Waals surface area contributed by atoms with Crippen molar-refractivity contribution in [2.75, 3.05) is 6.54 Å². The van der Waals surface area contributed by atoms with Crippen molar-refractivity contribution in [3.8, 4) is 0 Å². The number of rotatable bonds is 4. The second-order valence-corrected chi connectivity index (χ2v) is 4.48. The van der Waals surface area contributed by atoms with E-state index in [4.69, 9.17) is 11.6 Å². The van der Waals surface area contributed by atoms with Gasteiger partial charge >= 0.3 is 0 Å². The van der Waals surface area contributed by atoms with Gasteiger partial charge in [0.15, 0.2) is 0 Å². The predicted octanol–water partition coefficient (Wildman–Crippen LogP) is 3.14. The van der Waals surface area contributed by atoms with Crippen LogP contribution in [-0.4, -0.2) is 16.5 Å². The van der Waals surface area contributed by atoms with Gasteiger partial charge in [-0.2, -0.15) is 0 Å². The van der Waals surface area contributed by atoms with Crippen LogP contribution in [0.1, 0.15) is 29.8 Å². The summed E-state index contributed by atoms with van der Waals surface area (Å²) in [7, 11) is 0. The number of hydrogen-bond acceptors (Lipinski definition) is 3. The van der Waals surface area contributed by atoms with Crippen molar-refractivity contribution >= 4 is 11.6 Å². The molecule has 1 unspecified atom stereocenters. The molecule has 1 aromatic carbocycles. The lowest BCUT2D eigenvalue weighted by Gasteiger charge is -2.20. The van der Waals surface area contributed by atoms with E-state index in [1.165, 1.54) is 0 Å². The maximum Gasteiger partial charge on any atom is 0.0801 e. The summed E-state index contributed by atoms with van der Waals surface area (Å²) < 4.78 is 0. The topological polar surface area (TPSA) is 37.8 Å². The first kappa shape index (κ1) is 13.0. The molecule has 18 heavy (non-hydrogen) atoms. The summed E-state index contributed by atoms with van der Waals surface area (Å²) in [6.45, 7) is 4.95. The van der Waals surface area contributed by atoms with E-state index in [2.05, 4.69) is 28.3 Å². The zero-order chi connectivity index (χ0) is 13.0. The third kappa shape index (κ3) is 2.68. The lowest BCUT2D eigenvalue weighted by Crippen LogP contribution is -2.23. The molecule has 1 atom stereocenters. The van der Waals surface area contributed by atoms with Crippen LogP contribution in [0.5, 0.6) is 0 Å². The van der Waals surface area contributed by atoms with Crippen LogP contribution in [0.25, 0.3) is 0 Å². The van der Waals surface area contributed by atoms with Gasteiger partial charge in [0.25, 0.3) is 0 Å². The lowest BCUT2D eigenvalue weighted by atomic mass is 9.99. The molecule has 0 bridgehead atoms. The van der Waals surface area contributed by atoms with Crippen molar-refractivity contribution < 1.29 is 0 Å². The summed E-state index contributed by atoms with van der Waals surface area (Å²) in [4.78, 5) is 8.51. The molecule has 0 spiro atoms. The molecule has 1 N–H and O–H groups in total. The van der Waals surface area contributed by atoms with Crippen molar-refractivity contribution in [3.05, 3.63) is 58.6 Å². The van der Waals surface area contributed by atoms with Crippen LogP contribution in [0.4, 0.5) is 0 Å². The van der Waals surface area contributed by atoms with Crippen molar-refractivity contribution in [3.63, 3.8) is 0 Å². The SMILES string of the molecule is CCNC(c1cnccn1)c1cccc(Cl)c1C. The quantitative estimate of drug-likeness (QED) is 0.919. The molecule has 0 aliphatic carbocycles. The standard InChI is InChI=1S/C14H16ClN3/c1-3-17-14(13-9-16-7-8-18-13)11-5-4-6-12(15)10(11)2/h4-9,14,17H,3H2,1-2H3. The van der Waals surface area contributed by atoms with Crippen molar-refractivity contribution in [2.24, 2.45) is 0 Å². The normalized spacial score (nSPS) is 12.4. The highest BCUT2D eigenvalue weighted by molar-refractivity contribution is 6.31. The fraction of sp³-hybridized carbons (Fsp3) is 0.286. The van der Waals surface area contributed by atoms with Crippen LogP contribution in [0.15, 0.2) is 36.8 Å². The Balaban J connectivity index is 2.45. The summed E-state index contributed by atoms with van der Waals surface area (Å²) in [6.07, 6.45) is 5.17. The molecule has 1 aromatic heterocycles. The van der Waals surface area contributed by atoms with Gasteiger partial charge in [0.05, 0.1) is 17.9 Å². The van der Waals surface area contributed by atoms with Gasteiger partial charge in [-0.05, 0) is 30.7 Å². The van der Waals surface area contributed by atoms with E-state index >= 15 is 0 Å². The van der Waals surface area contributed by atoms with Crippen LogP contribution >= 0.6 is 11.6 Å². The minimum atomic E-state index is 0.0300. The first-order chi connectivity index (χ1) is 8.74. The van der Waals surface area contributed by atoms with Gasteiger partial charge in [0, 0.05) is 17.4 Å². The summed E-state index contributed by atoms with van der Waals surface area (Å²) in [6, 6.07) is 5.97. The van der Waals surface area contributed by atoms with Gasteiger partial charge in [-0.3, -0.25) is 9.97 Å². The Kier molecular flexibility index (Phi) is 4.28. The Morgan fingerprint density at radius 2 is 2.17 bits per heavy atom. The van der Waals surface area contributed by atoms with E-state index in [0.29, 0.717) is 0 Å². The molecule has 4 heteroatoms. The van der Waals surface area contributed by atoms with E-state index in [0.717, 1.165) is 28.4 Å². The Labute approximate surface area is 112 Å². The predicted molar refractivity (Wildman–Crippen MR) is 73.7 cm³/mol. The second kappa shape index (κ2) is 5.94. The summed E-state index contributed by atoms with van der Waals surface area (Å²) >= 11 is 6.18. The molecule has 0 amide bonds. The second-order valence-electron chi connectivity index (χ2n) is 4.08. The maximum absolute atomic E-state index is 6.18. The van der Waals surface area contributed by atoms with Crippen LogP contribution in [0, 0.1) is 6.92 Å². The van der Waals surface area contributed by atoms with Crippen LogP contribution < -0.4 is 5.32 Å². The molecule has 0 aliphatic heterocycles. The van der Waals surface area contributed by atoms with Gasteiger partial charge in [-0.1, -0.05) is 30.7 Å². The van der Waals surface area contributed by atoms with E-state index in [9.17, 15) is 0 Å². The van der Waals surface area contributed by atoms with Gasteiger partial charge < -0.3 is 5.32 Å². The van der Waals surface area contributed by atoms with Crippen molar-refractivity contribution in [1.82, 2.24) is 15.3 Å². The van der Waals surface area contributed by atoms with E-state index in [1.807, 2.05) is 19.1 Å². The number of nitrogens with zero attached hydrogens (tertiary/aromatic N) is 2. The van der Waals surface area contributed by atoms with Gasteiger partial charge in [-0.15, -0.1) is 0 Å². The number of benzene rings is 1. The Bertz CT molecular complexity index is 514. The molecule has 1 heterocycles. The van der Waals surface area contributed by atoms with Crippen LogP contribution in [-0.2, 0) is 0 Å². The molecule has 2 rings (SSSR count). The highest BCUT2D eigenvalue weighted by atomic mass is 35.5. The monoisotopic (exact) mass is 261 g/mol. The molecule has 0 radical (unpaired) electrons. The van der Waals surface area contributed by atoms with E-state index in [-0.39, 0.29) is 6.04 Å². The molecule has 94 valence electrons. The zero-order valence-electron chi connectivity index (χ0n) is 10.5. The van der Waals surface area contributed by atoms with Gasteiger partial charge in [0.2, 0.25) is 0 Å². The van der Waals surface area contributed by atoms with Crippen molar-refractivity contribution in [1.29, 1.82) is 0 Å². The maximum atomic E-state index is 6.18. The van der Waals surface area contributed by atoms with Gasteiger partial charge in [-0.25, -0.2) is 0 Å². The summed E-state index contributed by atoms with van der Waals surface area (Å²) in [5, 5.41) is 4.20.